The Labute approximate surface area is 219 Å². The van der Waals surface area contributed by atoms with Crippen LogP contribution in [0.15, 0.2) is 54.6 Å². The van der Waals surface area contributed by atoms with E-state index in [4.69, 9.17) is 31.5 Å². The highest BCUT2D eigenvalue weighted by Crippen LogP contribution is 2.49. The van der Waals surface area contributed by atoms with Crippen molar-refractivity contribution in [2.45, 2.75) is 38.3 Å². The van der Waals surface area contributed by atoms with E-state index in [1.54, 1.807) is 12.1 Å². The first kappa shape index (κ1) is 26.3. The molecule has 4 rings (SSSR count). The number of carbonyl (C=O) groups excluding carboxylic acids is 2. The van der Waals surface area contributed by atoms with Crippen LogP contribution in [0.2, 0.25) is 5.02 Å². The van der Waals surface area contributed by atoms with Crippen molar-refractivity contribution in [3.05, 3.63) is 82.1 Å². The third-order valence-corrected chi connectivity index (χ3v) is 6.36. The maximum Gasteiger partial charge on any atom is 0.407 e. The number of halogens is 2. The third kappa shape index (κ3) is 5.20. The van der Waals surface area contributed by atoms with Gasteiger partial charge in [-0.3, -0.25) is 4.79 Å². The number of rotatable bonds is 6. The van der Waals surface area contributed by atoms with E-state index in [1.807, 2.05) is 51.1 Å². The first-order valence-electron chi connectivity index (χ1n) is 11.6. The van der Waals surface area contributed by atoms with E-state index < -0.39 is 29.0 Å². The lowest BCUT2D eigenvalue weighted by Gasteiger charge is -2.30. The van der Waals surface area contributed by atoms with Crippen LogP contribution >= 0.6 is 11.6 Å². The van der Waals surface area contributed by atoms with Gasteiger partial charge >= 0.3 is 6.09 Å². The Morgan fingerprint density at radius 3 is 2.43 bits per heavy atom. The van der Waals surface area contributed by atoms with Crippen molar-refractivity contribution >= 4 is 23.6 Å². The van der Waals surface area contributed by atoms with Gasteiger partial charge in [0.15, 0.2) is 17.2 Å². The fourth-order valence-electron chi connectivity index (χ4n) is 4.43. The zero-order valence-electron chi connectivity index (χ0n) is 21.0. The topological polar surface area (TPSA) is 99.9 Å². The zero-order chi connectivity index (χ0) is 27.0. The van der Waals surface area contributed by atoms with Crippen LogP contribution in [0.4, 0.5) is 9.18 Å². The van der Waals surface area contributed by atoms with Crippen LogP contribution < -0.4 is 20.5 Å². The van der Waals surface area contributed by atoms with Crippen LogP contribution in [0.25, 0.3) is 11.1 Å². The lowest BCUT2D eigenvalue weighted by atomic mass is 9.86. The van der Waals surface area contributed by atoms with E-state index in [2.05, 4.69) is 5.32 Å². The monoisotopic (exact) mass is 526 g/mol. The van der Waals surface area contributed by atoms with Crippen LogP contribution in [-0.4, -0.2) is 31.3 Å². The number of primary amides is 1. The molecule has 0 bridgehead atoms. The van der Waals surface area contributed by atoms with Gasteiger partial charge in [-0.05, 0) is 50.6 Å². The van der Waals surface area contributed by atoms with E-state index >= 15 is 4.39 Å². The van der Waals surface area contributed by atoms with E-state index in [-0.39, 0.29) is 40.5 Å². The molecule has 0 fully saturated rings. The number of methoxy groups -OCH3 is 1. The van der Waals surface area contributed by atoms with Crippen molar-refractivity contribution in [1.82, 2.24) is 5.32 Å². The van der Waals surface area contributed by atoms with Crippen molar-refractivity contribution in [1.29, 1.82) is 0 Å². The van der Waals surface area contributed by atoms with Crippen LogP contribution in [0.3, 0.4) is 0 Å². The Morgan fingerprint density at radius 2 is 1.81 bits per heavy atom. The normalized spacial score (nSPS) is 16.5. The molecule has 9 heteroatoms. The third-order valence-electron chi connectivity index (χ3n) is 6.04. The highest BCUT2D eigenvalue weighted by Gasteiger charge is 2.45. The summed E-state index contributed by atoms with van der Waals surface area (Å²) in [5.74, 6) is -1.24. The number of ether oxygens (including phenoxy) is 3. The van der Waals surface area contributed by atoms with Gasteiger partial charge in [0.2, 0.25) is 5.91 Å². The van der Waals surface area contributed by atoms with Gasteiger partial charge < -0.3 is 25.3 Å². The number of hydrogen-bond donors (Lipinski definition) is 2. The van der Waals surface area contributed by atoms with Gasteiger partial charge in [-0.2, -0.15) is 0 Å². The van der Waals surface area contributed by atoms with E-state index in [9.17, 15) is 9.59 Å². The highest BCUT2D eigenvalue weighted by atomic mass is 35.5. The quantitative estimate of drug-likeness (QED) is 0.435. The van der Waals surface area contributed by atoms with Crippen LogP contribution in [0, 0.1) is 5.82 Å². The molecule has 3 aromatic carbocycles. The molecule has 7 nitrogen and oxygen atoms in total. The number of carbonyl (C=O) groups is 2. The molecule has 0 saturated heterocycles. The smallest absolute Gasteiger partial charge is 0.407 e. The summed E-state index contributed by atoms with van der Waals surface area (Å²) in [7, 11) is 1.33. The largest absolute Gasteiger partial charge is 0.494 e. The Bertz CT molecular complexity index is 1360. The molecule has 1 aliphatic rings. The highest BCUT2D eigenvalue weighted by molar-refractivity contribution is 6.34. The number of nitrogens with one attached hydrogen (secondary N) is 1. The summed E-state index contributed by atoms with van der Waals surface area (Å²) in [6.07, 6.45) is -0.421. The van der Waals surface area contributed by atoms with Crippen LogP contribution in [0.5, 0.6) is 11.5 Å². The molecular formula is C28H28ClFN2O5. The second kappa shape index (κ2) is 9.94. The summed E-state index contributed by atoms with van der Waals surface area (Å²) in [5, 5.41) is 2.97. The summed E-state index contributed by atoms with van der Waals surface area (Å²) in [6.45, 7) is 5.40. The van der Waals surface area contributed by atoms with E-state index in [0.717, 1.165) is 5.56 Å². The van der Waals surface area contributed by atoms with Crippen molar-refractivity contribution in [3.8, 4) is 22.6 Å². The SMILES string of the molecule is COc1ccc(C(N)=O)c(-c2c(Cl)ccc3c2CC(COC(=O)NC(C)(C)C)(c2ccccc2)O3)c1F. The van der Waals surface area contributed by atoms with Gasteiger partial charge in [-0.15, -0.1) is 0 Å². The second-order valence-corrected chi connectivity index (χ2v) is 10.3. The average Bonchev–Trinajstić information content (AvgIpc) is 3.22. The minimum atomic E-state index is -1.12. The Balaban J connectivity index is 1.84. The van der Waals surface area contributed by atoms with Crippen molar-refractivity contribution < 1.29 is 28.2 Å². The number of amides is 2. The predicted molar refractivity (Wildman–Crippen MR) is 139 cm³/mol. The molecule has 1 atom stereocenters. The maximum absolute atomic E-state index is 15.6. The van der Waals surface area contributed by atoms with Gasteiger partial charge in [0, 0.05) is 33.7 Å². The van der Waals surface area contributed by atoms with E-state index in [1.165, 1.54) is 19.2 Å². The summed E-state index contributed by atoms with van der Waals surface area (Å²) in [5.41, 5.74) is 5.41. The van der Waals surface area contributed by atoms with Gasteiger partial charge in [0.1, 0.15) is 12.4 Å². The Morgan fingerprint density at radius 1 is 1.11 bits per heavy atom. The number of fused-ring (bicyclic) bond motifs is 1. The molecule has 1 heterocycles. The minimum absolute atomic E-state index is 0.0494. The molecule has 1 unspecified atom stereocenters. The molecule has 0 saturated carbocycles. The van der Waals surface area contributed by atoms with Crippen molar-refractivity contribution in [3.63, 3.8) is 0 Å². The first-order valence-corrected chi connectivity index (χ1v) is 12.0. The van der Waals surface area contributed by atoms with Gasteiger partial charge in [-0.1, -0.05) is 41.9 Å². The first-order chi connectivity index (χ1) is 17.5. The molecule has 37 heavy (non-hydrogen) atoms. The van der Waals surface area contributed by atoms with Crippen molar-refractivity contribution in [2.24, 2.45) is 5.73 Å². The number of benzene rings is 3. The lowest BCUT2D eigenvalue weighted by Crippen LogP contribution is -2.44. The molecular weight excluding hydrogens is 499 g/mol. The molecule has 3 aromatic rings. The summed E-state index contributed by atoms with van der Waals surface area (Å²) in [6, 6.07) is 15.2. The van der Waals surface area contributed by atoms with Gasteiger partial charge in [0.25, 0.3) is 0 Å². The van der Waals surface area contributed by atoms with Crippen molar-refractivity contribution in [2.75, 3.05) is 13.7 Å². The molecule has 0 spiro atoms. The molecule has 194 valence electrons. The second-order valence-electron chi connectivity index (χ2n) is 9.86. The van der Waals surface area contributed by atoms with Gasteiger partial charge in [0.05, 0.1) is 12.7 Å². The minimum Gasteiger partial charge on any atom is -0.494 e. The number of alkyl carbamates (subject to hydrolysis) is 1. The molecule has 0 aromatic heterocycles. The molecule has 3 N–H and O–H groups in total. The van der Waals surface area contributed by atoms with E-state index in [0.29, 0.717) is 11.3 Å². The predicted octanol–water partition coefficient (Wildman–Crippen LogP) is 5.61. The standard InChI is InChI=1S/C28H28ClFN2O5/c1-27(2,3)32-26(34)36-15-28(16-8-6-5-7-9-16)14-18-20(37-28)13-11-19(29)22(18)23-17(25(31)33)10-12-21(35-4)24(23)30/h5-13H,14-15H2,1-4H3,(H2,31,33)(H,32,34). The Kier molecular flexibility index (Phi) is 7.06. The summed E-state index contributed by atoms with van der Waals surface area (Å²) < 4.78 is 32.8. The summed E-state index contributed by atoms with van der Waals surface area (Å²) in [4.78, 5) is 24.8. The van der Waals surface area contributed by atoms with Crippen LogP contribution in [0.1, 0.15) is 42.3 Å². The average molecular weight is 527 g/mol. The maximum atomic E-state index is 15.6. The Hall–Kier alpha value is -3.78. The molecule has 2 amide bonds. The fourth-order valence-corrected chi connectivity index (χ4v) is 4.70. The van der Waals surface area contributed by atoms with Crippen LogP contribution in [-0.2, 0) is 16.8 Å². The fraction of sp³-hybridized carbons (Fsp3) is 0.286. The summed E-state index contributed by atoms with van der Waals surface area (Å²) >= 11 is 6.62. The lowest BCUT2D eigenvalue weighted by molar-refractivity contribution is 0.0102. The molecule has 0 aliphatic carbocycles. The van der Waals surface area contributed by atoms with Gasteiger partial charge in [-0.25, -0.2) is 9.18 Å². The zero-order valence-corrected chi connectivity index (χ0v) is 21.7. The molecule has 0 radical (unpaired) electrons. The number of hydrogen-bond acceptors (Lipinski definition) is 5. The molecule has 1 aliphatic heterocycles. The number of nitrogens with two attached hydrogens (primary N) is 1.